The molecule has 0 fully saturated rings. The molecule has 106 valence electrons. The lowest BCUT2D eigenvalue weighted by Gasteiger charge is -2.30. The fourth-order valence-corrected chi connectivity index (χ4v) is 2.55. The smallest absolute Gasteiger partial charge is 0.0642 e. The Morgan fingerprint density at radius 2 is 1.75 bits per heavy atom. The van der Waals surface area contributed by atoms with Crippen molar-refractivity contribution >= 4 is 17.3 Å². The Hall–Kier alpha value is -1.51. The third-order valence-corrected chi connectivity index (χ3v) is 3.68. The molecule has 2 N–H and O–H groups in total. The maximum Gasteiger partial charge on any atom is 0.0642 e. The molecule has 0 heterocycles. The number of hydrogen-bond donors (Lipinski definition) is 1. The molecule has 2 aromatic rings. The summed E-state index contributed by atoms with van der Waals surface area (Å²) in [4.78, 5) is 2.30. The first-order chi connectivity index (χ1) is 9.61. The molecule has 2 aromatic carbocycles. The van der Waals surface area contributed by atoms with Gasteiger partial charge in [-0.15, -0.1) is 0 Å². The second-order valence-corrected chi connectivity index (χ2v) is 5.60. The summed E-state index contributed by atoms with van der Waals surface area (Å²) in [6, 6.07) is 16.9. The lowest BCUT2D eigenvalue weighted by Crippen LogP contribution is -2.30. The summed E-state index contributed by atoms with van der Waals surface area (Å²) < 4.78 is 0. The molecule has 0 aliphatic carbocycles. The van der Waals surface area contributed by atoms with Crippen molar-refractivity contribution in [3.8, 4) is 0 Å². The van der Waals surface area contributed by atoms with Crippen molar-refractivity contribution in [3.05, 3.63) is 64.7 Å². The van der Waals surface area contributed by atoms with Crippen LogP contribution in [0, 0.1) is 0 Å². The zero-order valence-corrected chi connectivity index (χ0v) is 12.8. The monoisotopic (exact) mass is 288 g/mol. The van der Waals surface area contributed by atoms with E-state index in [1.54, 1.807) is 0 Å². The summed E-state index contributed by atoms with van der Waals surface area (Å²) >= 11 is 6.42. The van der Waals surface area contributed by atoms with Gasteiger partial charge in [-0.2, -0.15) is 0 Å². The van der Waals surface area contributed by atoms with Gasteiger partial charge in [-0.1, -0.05) is 48.0 Å². The zero-order chi connectivity index (χ0) is 14.5. The molecule has 3 heteroatoms. The van der Waals surface area contributed by atoms with Crippen LogP contribution in [0.1, 0.15) is 25.0 Å². The van der Waals surface area contributed by atoms with E-state index in [1.807, 2.05) is 18.2 Å². The molecular weight excluding hydrogens is 268 g/mol. The molecule has 2 nitrogen and oxygen atoms in total. The Bertz CT molecular complexity index is 552. The number of halogens is 1. The number of rotatable bonds is 5. The molecular formula is C17H21ClN2. The van der Waals surface area contributed by atoms with Gasteiger partial charge in [0, 0.05) is 19.1 Å². The van der Waals surface area contributed by atoms with Crippen LogP contribution in [0.5, 0.6) is 0 Å². The van der Waals surface area contributed by atoms with E-state index < -0.39 is 0 Å². The second-order valence-electron chi connectivity index (χ2n) is 5.20. The van der Waals surface area contributed by atoms with Crippen LogP contribution in [0.4, 0.5) is 5.69 Å². The van der Waals surface area contributed by atoms with E-state index in [4.69, 9.17) is 17.3 Å². The van der Waals surface area contributed by atoms with E-state index in [9.17, 15) is 0 Å². The van der Waals surface area contributed by atoms with Gasteiger partial charge in [0.1, 0.15) is 0 Å². The molecule has 0 bridgehead atoms. The summed E-state index contributed by atoms with van der Waals surface area (Å²) in [6.45, 7) is 5.72. The molecule has 0 saturated carbocycles. The predicted molar refractivity (Wildman–Crippen MR) is 87.1 cm³/mol. The minimum Gasteiger partial charge on any atom is -0.364 e. The Labute approximate surface area is 126 Å². The highest BCUT2D eigenvalue weighted by molar-refractivity contribution is 6.33. The van der Waals surface area contributed by atoms with Gasteiger partial charge >= 0.3 is 0 Å². The maximum absolute atomic E-state index is 6.42. The van der Waals surface area contributed by atoms with Crippen LogP contribution in [0.2, 0.25) is 5.02 Å². The average molecular weight is 289 g/mol. The SMILES string of the molecule is CC(C)N(Cc1ccccc1)c1ccc(CN)cc1Cl. The topological polar surface area (TPSA) is 29.3 Å². The van der Waals surface area contributed by atoms with E-state index in [0.717, 1.165) is 22.8 Å². The van der Waals surface area contributed by atoms with Crippen molar-refractivity contribution in [3.63, 3.8) is 0 Å². The van der Waals surface area contributed by atoms with E-state index in [2.05, 4.69) is 49.1 Å². The summed E-state index contributed by atoms with van der Waals surface area (Å²) in [5.41, 5.74) is 9.05. The summed E-state index contributed by atoms with van der Waals surface area (Å²) in [6.07, 6.45) is 0. The molecule has 0 unspecified atom stereocenters. The van der Waals surface area contributed by atoms with Gasteiger partial charge in [-0.05, 0) is 37.1 Å². The lowest BCUT2D eigenvalue weighted by atomic mass is 10.1. The highest BCUT2D eigenvalue weighted by Gasteiger charge is 2.14. The molecule has 0 spiro atoms. The predicted octanol–water partition coefficient (Wildman–Crippen LogP) is 4.21. The summed E-state index contributed by atoms with van der Waals surface area (Å²) in [7, 11) is 0. The Morgan fingerprint density at radius 3 is 2.30 bits per heavy atom. The number of anilines is 1. The maximum atomic E-state index is 6.42. The van der Waals surface area contributed by atoms with Gasteiger partial charge in [0.05, 0.1) is 10.7 Å². The molecule has 0 saturated heterocycles. The highest BCUT2D eigenvalue weighted by Crippen LogP contribution is 2.29. The van der Waals surface area contributed by atoms with Crippen LogP contribution < -0.4 is 10.6 Å². The van der Waals surface area contributed by atoms with E-state index in [0.29, 0.717) is 12.6 Å². The molecule has 0 radical (unpaired) electrons. The van der Waals surface area contributed by atoms with E-state index >= 15 is 0 Å². The Balaban J connectivity index is 2.29. The normalized spacial score (nSPS) is 10.8. The fourth-order valence-electron chi connectivity index (χ4n) is 2.24. The third-order valence-electron chi connectivity index (χ3n) is 3.38. The van der Waals surface area contributed by atoms with Crippen LogP contribution in [-0.2, 0) is 13.1 Å². The van der Waals surface area contributed by atoms with Crippen LogP contribution in [0.3, 0.4) is 0 Å². The van der Waals surface area contributed by atoms with Gasteiger partial charge in [0.2, 0.25) is 0 Å². The van der Waals surface area contributed by atoms with Crippen LogP contribution in [-0.4, -0.2) is 6.04 Å². The van der Waals surface area contributed by atoms with Crippen molar-refractivity contribution in [1.29, 1.82) is 0 Å². The van der Waals surface area contributed by atoms with E-state index in [-0.39, 0.29) is 0 Å². The standard InChI is InChI=1S/C17H21ClN2/c1-13(2)20(12-14-6-4-3-5-7-14)17-9-8-15(11-19)10-16(17)18/h3-10,13H,11-12,19H2,1-2H3. The molecule has 0 aromatic heterocycles. The van der Waals surface area contributed by atoms with E-state index in [1.165, 1.54) is 5.56 Å². The first-order valence-electron chi connectivity index (χ1n) is 6.91. The zero-order valence-electron chi connectivity index (χ0n) is 12.0. The van der Waals surface area contributed by atoms with Crippen molar-refractivity contribution in [2.75, 3.05) is 4.90 Å². The minimum atomic E-state index is 0.372. The number of benzene rings is 2. The van der Waals surface area contributed by atoms with Crippen LogP contribution in [0.25, 0.3) is 0 Å². The summed E-state index contributed by atoms with van der Waals surface area (Å²) in [5.74, 6) is 0. The molecule has 20 heavy (non-hydrogen) atoms. The van der Waals surface area contributed by atoms with Crippen LogP contribution in [0.15, 0.2) is 48.5 Å². The largest absolute Gasteiger partial charge is 0.364 e. The molecule has 0 aliphatic rings. The first kappa shape index (κ1) is 14.9. The quantitative estimate of drug-likeness (QED) is 0.893. The highest BCUT2D eigenvalue weighted by atomic mass is 35.5. The van der Waals surface area contributed by atoms with Crippen molar-refractivity contribution in [1.82, 2.24) is 0 Å². The minimum absolute atomic E-state index is 0.372. The Morgan fingerprint density at radius 1 is 1.05 bits per heavy atom. The van der Waals surface area contributed by atoms with Gasteiger partial charge in [-0.3, -0.25) is 0 Å². The van der Waals surface area contributed by atoms with Crippen molar-refractivity contribution < 1.29 is 0 Å². The molecule has 0 atom stereocenters. The first-order valence-corrected chi connectivity index (χ1v) is 7.28. The van der Waals surface area contributed by atoms with Gasteiger partial charge in [0.15, 0.2) is 0 Å². The number of nitrogens with two attached hydrogens (primary N) is 1. The molecule has 0 aliphatic heterocycles. The molecule has 0 amide bonds. The fraction of sp³-hybridized carbons (Fsp3) is 0.294. The average Bonchev–Trinajstić information content (AvgIpc) is 2.46. The molecule has 2 rings (SSSR count). The Kier molecular flexibility index (Phi) is 5.05. The van der Waals surface area contributed by atoms with Crippen molar-refractivity contribution in [2.45, 2.75) is 33.0 Å². The van der Waals surface area contributed by atoms with Crippen LogP contribution >= 0.6 is 11.6 Å². The van der Waals surface area contributed by atoms with Crippen molar-refractivity contribution in [2.24, 2.45) is 5.73 Å². The summed E-state index contributed by atoms with van der Waals surface area (Å²) in [5, 5.41) is 0.762. The number of hydrogen-bond acceptors (Lipinski definition) is 2. The number of nitrogens with zero attached hydrogens (tertiary/aromatic N) is 1. The van der Waals surface area contributed by atoms with Gasteiger partial charge < -0.3 is 10.6 Å². The third kappa shape index (κ3) is 3.53. The lowest BCUT2D eigenvalue weighted by molar-refractivity contribution is 0.682. The van der Waals surface area contributed by atoms with Gasteiger partial charge in [-0.25, -0.2) is 0 Å². The second kappa shape index (κ2) is 6.78. The van der Waals surface area contributed by atoms with Gasteiger partial charge in [0.25, 0.3) is 0 Å².